The molecule has 3 aromatic rings. The third-order valence-corrected chi connectivity index (χ3v) is 6.64. The lowest BCUT2D eigenvalue weighted by Crippen LogP contribution is -2.37. The highest BCUT2D eigenvalue weighted by molar-refractivity contribution is 5.82. The quantitative estimate of drug-likeness (QED) is 0.638. The molecule has 0 bridgehead atoms. The van der Waals surface area contributed by atoms with E-state index in [0.717, 1.165) is 24.5 Å². The molecule has 1 amide bonds. The number of H-pyrrole nitrogens is 1. The van der Waals surface area contributed by atoms with E-state index < -0.39 is 29.2 Å². The number of aliphatic hydroxyl groups is 1. The minimum atomic E-state index is -1.86. The second-order valence-electron chi connectivity index (χ2n) is 8.70. The Morgan fingerprint density at radius 2 is 1.88 bits per heavy atom. The Kier molecular flexibility index (Phi) is 5.32. The minimum Gasteiger partial charge on any atom is -0.378 e. The van der Waals surface area contributed by atoms with Gasteiger partial charge in [0.1, 0.15) is 5.82 Å². The van der Waals surface area contributed by atoms with Crippen LogP contribution in [-0.4, -0.2) is 32.4 Å². The van der Waals surface area contributed by atoms with Gasteiger partial charge in [0.05, 0.1) is 23.2 Å². The molecule has 2 aromatic carbocycles. The van der Waals surface area contributed by atoms with Gasteiger partial charge < -0.3 is 15.0 Å². The molecule has 2 heterocycles. The zero-order chi connectivity index (χ0) is 23.2. The molecule has 0 spiro atoms. The summed E-state index contributed by atoms with van der Waals surface area (Å²) < 4.78 is 27.7. The van der Waals surface area contributed by atoms with E-state index in [2.05, 4.69) is 4.98 Å². The van der Waals surface area contributed by atoms with Crippen molar-refractivity contribution in [1.82, 2.24) is 14.9 Å². The maximum absolute atomic E-state index is 14.1. The van der Waals surface area contributed by atoms with Crippen molar-refractivity contribution in [2.24, 2.45) is 0 Å². The molecule has 1 aliphatic carbocycles. The maximum Gasteiger partial charge on any atom is 0.256 e. The number of aromatic amines is 1. The Morgan fingerprint density at radius 1 is 1.12 bits per heavy atom. The number of halogens is 2. The highest BCUT2D eigenvalue weighted by Crippen LogP contribution is 2.51. The van der Waals surface area contributed by atoms with Crippen LogP contribution < -0.4 is 5.56 Å². The second-order valence-corrected chi connectivity index (χ2v) is 8.70. The molecule has 0 saturated heterocycles. The fourth-order valence-corrected chi connectivity index (χ4v) is 4.62. The Hall–Kier alpha value is -3.39. The first-order chi connectivity index (χ1) is 15.9. The van der Waals surface area contributed by atoms with E-state index in [1.807, 2.05) is 30.3 Å². The monoisotopic (exact) mass is 451 g/mol. The number of nitrogens with zero attached hydrogens (tertiary/aromatic N) is 2. The molecule has 1 unspecified atom stereocenters. The van der Waals surface area contributed by atoms with E-state index in [0.29, 0.717) is 29.9 Å². The van der Waals surface area contributed by atoms with Crippen LogP contribution in [0.1, 0.15) is 53.6 Å². The zero-order valence-electron chi connectivity index (χ0n) is 17.9. The van der Waals surface area contributed by atoms with Gasteiger partial charge in [0.2, 0.25) is 0 Å². The summed E-state index contributed by atoms with van der Waals surface area (Å²) in [5, 5.41) is 10.4. The van der Waals surface area contributed by atoms with E-state index in [4.69, 9.17) is 4.98 Å². The van der Waals surface area contributed by atoms with Gasteiger partial charge in [-0.05, 0) is 37.3 Å². The number of hydrogen-bond donors (Lipinski definition) is 2. The van der Waals surface area contributed by atoms with Crippen LogP contribution in [0.4, 0.5) is 8.78 Å². The van der Waals surface area contributed by atoms with Gasteiger partial charge in [0.25, 0.3) is 11.5 Å². The lowest BCUT2D eigenvalue weighted by atomic mass is 9.94. The molecular formula is C25H23F2N3O3. The Bertz CT molecular complexity index is 1270. The molecular weight excluding hydrogens is 428 g/mol. The average Bonchev–Trinajstić information content (AvgIpc) is 3.65. The summed E-state index contributed by atoms with van der Waals surface area (Å²) in [6, 6.07) is 13.3. The first kappa shape index (κ1) is 21.5. The van der Waals surface area contributed by atoms with Crippen LogP contribution in [0, 0.1) is 11.6 Å². The topological polar surface area (TPSA) is 86.3 Å². The van der Waals surface area contributed by atoms with Crippen molar-refractivity contribution in [1.29, 1.82) is 0 Å². The number of amides is 1. The van der Waals surface area contributed by atoms with E-state index in [9.17, 15) is 23.5 Å². The number of nitrogens with one attached hydrogen (secondary N) is 1. The number of fused-ring (bicyclic) bond motifs is 1. The lowest BCUT2D eigenvalue weighted by Gasteiger charge is -2.24. The van der Waals surface area contributed by atoms with Gasteiger partial charge in [-0.25, -0.2) is 13.8 Å². The van der Waals surface area contributed by atoms with Crippen molar-refractivity contribution in [3.05, 3.63) is 98.7 Å². The fourth-order valence-electron chi connectivity index (χ4n) is 4.62. The Balaban J connectivity index is 1.44. The van der Waals surface area contributed by atoms with Gasteiger partial charge in [-0.3, -0.25) is 9.59 Å². The van der Waals surface area contributed by atoms with Gasteiger partial charge in [0, 0.05) is 12.1 Å². The van der Waals surface area contributed by atoms with Crippen molar-refractivity contribution in [2.75, 3.05) is 6.54 Å². The van der Waals surface area contributed by atoms with Crippen LogP contribution in [0.25, 0.3) is 0 Å². The van der Waals surface area contributed by atoms with Gasteiger partial charge >= 0.3 is 0 Å². The molecule has 1 atom stereocenters. The second kappa shape index (κ2) is 8.19. The summed E-state index contributed by atoms with van der Waals surface area (Å²) in [5.74, 6) is -2.53. The number of aromatic nitrogens is 2. The summed E-state index contributed by atoms with van der Waals surface area (Å²) in [6.07, 6.45) is 0.974. The van der Waals surface area contributed by atoms with Crippen LogP contribution in [0.3, 0.4) is 0 Å². The minimum absolute atomic E-state index is 0.0525. The molecule has 2 N–H and O–H groups in total. The first-order valence-electron chi connectivity index (χ1n) is 11.0. The van der Waals surface area contributed by atoms with Crippen LogP contribution in [0.2, 0.25) is 0 Å². The predicted octanol–water partition coefficient (Wildman–Crippen LogP) is 3.14. The zero-order valence-corrected chi connectivity index (χ0v) is 17.9. The fraction of sp³-hybridized carbons (Fsp3) is 0.320. The van der Waals surface area contributed by atoms with E-state index in [-0.39, 0.29) is 24.1 Å². The number of aryl methyl sites for hydroxylation is 1. The summed E-state index contributed by atoms with van der Waals surface area (Å²) in [7, 11) is 0. The Morgan fingerprint density at radius 3 is 2.61 bits per heavy atom. The van der Waals surface area contributed by atoms with Gasteiger partial charge in [-0.1, -0.05) is 42.5 Å². The van der Waals surface area contributed by atoms with Gasteiger partial charge in [0.15, 0.2) is 17.7 Å². The van der Waals surface area contributed by atoms with E-state index in [1.165, 1.54) is 17.0 Å². The summed E-state index contributed by atoms with van der Waals surface area (Å²) >= 11 is 0. The number of aliphatic hydroxyl groups excluding tert-OH is 1. The molecule has 1 saturated carbocycles. The van der Waals surface area contributed by atoms with Crippen molar-refractivity contribution >= 4 is 5.91 Å². The summed E-state index contributed by atoms with van der Waals surface area (Å²) in [6.45, 7) is 0.213. The highest BCUT2D eigenvalue weighted by atomic mass is 19.2. The molecule has 0 radical (unpaired) electrons. The molecule has 33 heavy (non-hydrogen) atoms. The highest BCUT2D eigenvalue weighted by Gasteiger charge is 2.48. The van der Waals surface area contributed by atoms with Crippen molar-refractivity contribution in [3.8, 4) is 0 Å². The molecule has 8 heteroatoms. The lowest BCUT2D eigenvalue weighted by molar-refractivity contribution is -0.141. The smallest absolute Gasteiger partial charge is 0.256 e. The SMILES string of the molecule is O=C(C(O)c1cccc(F)c1F)N1CCCc2nc(C3(c4ccccc4)CC3)[nH]c(=O)c2C1. The molecule has 1 fully saturated rings. The third kappa shape index (κ3) is 3.74. The Labute approximate surface area is 188 Å². The number of benzene rings is 2. The number of carbonyl (C=O) groups is 1. The van der Waals surface area contributed by atoms with Gasteiger partial charge in [-0.2, -0.15) is 0 Å². The van der Waals surface area contributed by atoms with Crippen LogP contribution in [0.15, 0.2) is 53.3 Å². The molecule has 5 rings (SSSR count). The number of hydrogen-bond acceptors (Lipinski definition) is 4. The standard InChI is InChI=1S/C25H23F2N3O3/c26-18-9-4-8-16(20(18)27)21(31)23(33)30-13-5-10-19-17(14-30)22(32)29-24(28-19)25(11-12-25)15-6-2-1-3-7-15/h1-4,6-9,21,31H,5,10-14H2,(H,28,29,32). The van der Waals surface area contributed by atoms with Crippen molar-refractivity contribution in [3.63, 3.8) is 0 Å². The largest absolute Gasteiger partial charge is 0.378 e. The molecule has 6 nitrogen and oxygen atoms in total. The number of carbonyl (C=O) groups excluding carboxylic acids is 1. The van der Waals surface area contributed by atoms with Gasteiger partial charge in [-0.15, -0.1) is 0 Å². The first-order valence-corrected chi connectivity index (χ1v) is 11.0. The van der Waals surface area contributed by atoms with Crippen LogP contribution in [0.5, 0.6) is 0 Å². The normalized spacial score (nSPS) is 17.7. The molecule has 1 aliphatic heterocycles. The van der Waals surface area contributed by atoms with Crippen molar-refractivity contribution in [2.45, 2.75) is 43.7 Å². The average molecular weight is 451 g/mol. The molecule has 2 aliphatic rings. The summed E-state index contributed by atoms with van der Waals surface area (Å²) in [5.41, 5.74) is 1.08. The molecule has 170 valence electrons. The van der Waals surface area contributed by atoms with E-state index in [1.54, 1.807) is 0 Å². The third-order valence-electron chi connectivity index (χ3n) is 6.64. The van der Waals surface area contributed by atoms with E-state index >= 15 is 0 Å². The number of rotatable bonds is 4. The maximum atomic E-state index is 14.1. The van der Waals surface area contributed by atoms with Crippen LogP contribution in [-0.2, 0) is 23.2 Å². The summed E-state index contributed by atoms with van der Waals surface area (Å²) in [4.78, 5) is 35.0. The van der Waals surface area contributed by atoms with Crippen LogP contribution >= 0.6 is 0 Å². The van der Waals surface area contributed by atoms with Crippen molar-refractivity contribution < 1.29 is 18.7 Å². The molecule has 1 aromatic heterocycles. The predicted molar refractivity (Wildman–Crippen MR) is 116 cm³/mol.